The van der Waals surface area contributed by atoms with E-state index in [0.717, 1.165) is 0 Å². The minimum absolute atomic E-state index is 0.546. The molecule has 16 heavy (non-hydrogen) atoms. The van der Waals surface area contributed by atoms with Gasteiger partial charge in [-0.25, -0.2) is 4.79 Å². The van der Waals surface area contributed by atoms with Crippen molar-refractivity contribution in [3.8, 4) is 0 Å². The Balaban J connectivity index is 2.86. The zero-order valence-electron chi connectivity index (χ0n) is 8.04. The Labute approximate surface area is 90.7 Å². The maximum absolute atomic E-state index is 12.6. The summed E-state index contributed by atoms with van der Waals surface area (Å²) in [6, 6.07) is -1.53. The Hall–Kier alpha value is -1.22. The molecule has 1 heterocycles. The van der Waals surface area contributed by atoms with Crippen LogP contribution in [0, 0.1) is 0 Å². The first-order valence-corrected chi connectivity index (χ1v) is 5.78. The molecule has 1 fully saturated rings. The van der Waals surface area contributed by atoms with Crippen LogP contribution in [0.25, 0.3) is 0 Å². The summed E-state index contributed by atoms with van der Waals surface area (Å²) in [7, 11) is -4.87. The van der Waals surface area contributed by atoms with Gasteiger partial charge >= 0.3 is 16.2 Å². The SMILES string of the molecule is O=C(O)C(CO)N1CC(S(=O)(=O)F)CC1=O. The van der Waals surface area contributed by atoms with Crippen LogP contribution in [0.3, 0.4) is 0 Å². The highest BCUT2D eigenvalue weighted by atomic mass is 32.3. The number of aliphatic carboxylic acids is 1. The minimum Gasteiger partial charge on any atom is -0.480 e. The van der Waals surface area contributed by atoms with Gasteiger partial charge in [0.1, 0.15) is 5.25 Å². The van der Waals surface area contributed by atoms with Gasteiger partial charge in [-0.15, -0.1) is 3.89 Å². The number of aliphatic hydroxyl groups excluding tert-OH is 1. The molecule has 0 saturated carbocycles. The zero-order chi connectivity index (χ0) is 12.5. The molecule has 0 aromatic carbocycles. The summed E-state index contributed by atoms with van der Waals surface area (Å²) >= 11 is 0. The van der Waals surface area contributed by atoms with Crippen LogP contribution in [0.4, 0.5) is 3.89 Å². The Bertz CT molecular complexity index is 407. The van der Waals surface area contributed by atoms with Gasteiger partial charge in [0.05, 0.1) is 6.61 Å². The number of carbonyl (C=O) groups is 2. The van der Waals surface area contributed by atoms with Crippen molar-refractivity contribution >= 4 is 22.1 Å². The van der Waals surface area contributed by atoms with E-state index in [-0.39, 0.29) is 0 Å². The second kappa shape index (κ2) is 4.34. The van der Waals surface area contributed by atoms with Crippen LogP contribution in [0.1, 0.15) is 6.42 Å². The van der Waals surface area contributed by atoms with Crippen LogP contribution in [-0.4, -0.2) is 59.9 Å². The summed E-state index contributed by atoms with van der Waals surface area (Å²) in [5.74, 6) is -2.26. The molecule has 1 rings (SSSR count). The average molecular weight is 255 g/mol. The number of hydrogen-bond acceptors (Lipinski definition) is 5. The van der Waals surface area contributed by atoms with E-state index in [9.17, 15) is 21.9 Å². The van der Waals surface area contributed by atoms with E-state index in [4.69, 9.17) is 10.2 Å². The number of amides is 1. The van der Waals surface area contributed by atoms with Gasteiger partial charge in [-0.1, -0.05) is 0 Å². The molecule has 1 aliphatic rings. The second-order valence-electron chi connectivity index (χ2n) is 3.38. The highest BCUT2D eigenvalue weighted by Crippen LogP contribution is 2.21. The molecule has 0 aliphatic carbocycles. The molecule has 2 atom stereocenters. The van der Waals surface area contributed by atoms with E-state index in [0.29, 0.717) is 4.90 Å². The van der Waals surface area contributed by atoms with Gasteiger partial charge in [0.25, 0.3) is 0 Å². The molecular formula is C7H10FNO6S. The monoisotopic (exact) mass is 255 g/mol. The van der Waals surface area contributed by atoms with E-state index < -0.39 is 53.0 Å². The summed E-state index contributed by atoms with van der Waals surface area (Å²) in [6.07, 6.45) is -0.595. The number of likely N-dealkylation sites (tertiary alicyclic amines) is 1. The van der Waals surface area contributed by atoms with Crippen molar-refractivity contribution in [1.29, 1.82) is 0 Å². The van der Waals surface area contributed by atoms with Crippen molar-refractivity contribution in [3.63, 3.8) is 0 Å². The maximum atomic E-state index is 12.6. The largest absolute Gasteiger partial charge is 0.480 e. The first-order valence-electron chi connectivity index (χ1n) is 4.34. The van der Waals surface area contributed by atoms with Crippen molar-refractivity contribution in [1.82, 2.24) is 4.90 Å². The normalized spacial score (nSPS) is 23.5. The molecule has 0 bridgehead atoms. The number of hydrogen-bond donors (Lipinski definition) is 2. The first kappa shape index (κ1) is 12.8. The molecule has 2 unspecified atom stereocenters. The summed E-state index contributed by atoms with van der Waals surface area (Å²) in [6.45, 7) is -1.39. The lowest BCUT2D eigenvalue weighted by Gasteiger charge is -2.22. The molecule has 92 valence electrons. The van der Waals surface area contributed by atoms with Crippen LogP contribution in [-0.2, 0) is 19.8 Å². The van der Waals surface area contributed by atoms with Crippen LogP contribution < -0.4 is 0 Å². The number of halogens is 1. The molecule has 9 heteroatoms. The van der Waals surface area contributed by atoms with Crippen molar-refractivity contribution < 1.29 is 32.1 Å². The van der Waals surface area contributed by atoms with Gasteiger partial charge in [0.2, 0.25) is 5.91 Å². The number of aliphatic hydroxyl groups is 1. The minimum atomic E-state index is -4.87. The quantitative estimate of drug-likeness (QED) is 0.581. The smallest absolute Gasteiger partial charge is 0.328 e. The van der Waals surface area contributed by atoms with Crippen LogP contribution >= 0.6 is 0 Å². The number of carboxylic acids is 1. The van der Waals surface area contributed by atoms with Gasteiger partial charge in [-0.3, -0.25) is 4.79 Å². The van der Waals surface area contributed by atoms with Gasteiger partial charge in [0.15, 0.2) is 6.04 Å². The molecular weight excluding hydrogens is 245 g/mol. The van der Waals surface area contributed by atoms with Crippen molar-refractivity contribution in [3.05, 3.63) is 0 Å². The van der Waals surface area contributed by atoms with Gasteiger partial charge in [-0.2, -0.15) is 8.42 Å². The van der Waals surface area contributed by atoms with E-state index in [1.54, 1.807) is 0 Å². The van der Waals surface area contributed by atoms with E-state index in [1.165, 1.54) is 0 Å². The molecule has 2 N–H and O–H groups in total. The Morgan fingerprint density at radius 3 is 2.50 bits per heavy atom. The predicted octanol–water partition coefficient (Wildman–Crippen LogP) is -1.67. The van der Waals surface area contributed by atoms with Gasteiger partial charge in [-0.05, 0) is 0 Å². The van der Waals surface area contributed by atoms with Gasteiger partial charge < -0.3 is 15.1 Å². The Morgan fingerprint density at radius 1 is 1.62 bits per heavy atom. The van der Waals surface area contributed by atoms with Crippen molar-refractivity contribution in [2.45, 2.75) is 17.7 Å². The lowest BCUT2D eigenvalue weighted by atomic mass is 10.3. The molecule has 1 amide bonds. The third-order valence-corrected chi connectivity index (χ3v) is 3.47. The molecule has 0 aromatic rings. The van der Waals surface area contributed by atoms with E-state index in [1.807, 2.05) is 0 Å². The Morgan fingerprint density at radius 2 is 2.19 bits per heavy atom. The topological polar surface area (TPSA) is 112 Å². The molecule has 0 aromatic heterocycles. The summed E-state index contributed by atoms with van der Waals surface area (Å²) in [4.78, 5) is 22.5. The molecule has 0 spiro atoms. The highest BCUT2D eigenvalue weighted by Gasteiger charge is 2.43. The van der Waals surface area contributed by atoms with Crippen LogP contribution in [0.2, 0.25) is 0 Å². The van der Waals surface area contributed by atoms with Crippen molar-refractivity contribution in [2.75, 3.05) is 13.2 Å². The lowest BCUT2D eigenvalue weighted by molar-refractivity contribution is -0.149. The molecule has 7 nitrogen and oxygen atoms in total. The number of rotatable bonds is 4. The van der Waals surface area contributed by atoms with Gasteiger partial charge in [0, 0.05) is 13.0 Å². The van der Waals surface area contributed by atoms with Crippen LogP contribution in [0.5, 0.6) is 0 Å². The standard InChI is InChI=1S/C7H10FNO6S/c8-16(14,15)4-1-6(11)9(2-4)5(3-10)7(12)13/h4-5,10H,1-3H2,(H,12,13). The van der Waals surface area contributed by atoms with Crippen molar-refractivity contribution in [2.24, 2.45) is 0 Å². The molecule has 0 radical (unpaired) electrons. The highest BCUT2D eigenvalue weighted by molar-refractivity contribution is 7.87. The number of carboxylic acid groups (broad SMARTS) is 1. The summed E-state index contributed by atoms with van der Waals surface area (Å²) in [5, 5.41) is 15.8. The van der Waals surface area contributed by atoms with Crippen LogP contribution in [0.15, 0.2) is 0 Å². The van der Waals surface area contributed by atoms with E-state index >= 15 is 0 Å². The summed E-state index contributed by atoms with van der Waals surface area (Å²) < 4.78 is 33.7. The fraction of sp³-hybridized carbons (Fsp3) is 0.714. The third-order valence-electron chi connectivity index (χ3n) is 2.36. The zero-order valence-corrected chi connectivity index (χ0v) is 8.85. The fourth-order valence-electron chi connectivity index (χ4n) is 1.50. The maximum Gasteiger partial charge on any atom is 0.328 e. The Kier molecular flexibility index (Phi) is 3.48. The molecule has 1 saturated heterocycles. The second-order valence-corrected chi connectivity index (χ2v) is 5.00. The first-order chi connectivity index (χ1) is 7.27. The molecule has 1 aliphatic heterocycles. The predicted molar refractivity (Wildman–Crippen MR) is 48.7 cm³/mol. The lowest BCUT2D eigenvalue weighted by Crippen LogP contribution is -2.45. The number of carbonyl (C=O) groups excluding carboxylic acids is 1. The summed E-state index contributed by atoms with van der Waals surface area (Å²) in [5.41, 5.74) is 0. The third kappa shape index (κ3) is 2.47. The average Bonchev–Trinajstić information content (AvgIpc) is 2.48. The number of nitrogens with zero attached hydrogens (tertiary/aromatic N) is 1. The van der Waals surface area contributed by atoms with E-state index in [2.05, 4.69) is 0 Å². The fourth-order valence-corrected chi connectivity index (χ4v) is 2.18.